The van der Waals surface area contributed by atoms with E-state index < -0.39 is 5.60 Å². The Hall–Kier alpha value is -0.410. The fraction of sp³-hybridized carbons (Fsp3) is 0.909. The van der Waals surface area contributed by atoms with Crippen molar-refractivity contribution in [3.8, 4) is 0 Å². The number of likely N-dealkylation sites (tertiary alicyclic amines) is 1. The molecule has 1 unspecified atom stereocenters. The lowest BCUT2D eigenvalue weighted by atomic mass is 9.97. The summed E-state index contributed by atoms with van der Waals surface area (Å²) in [4.78, 5) is 13.5. The first-order valence-electron chi connectivity index (χ1n) is 5.37. The number of nitrogens with zero attached hydrogens (tertiary/aromatic N) is 1. The van der Waals surface area contributed by atoms with Gasteiger partial charge in [-0.1, -0.05) is 6.42 Å². The van der Waals surface area contributed by atoms with E-state index in [0.29, 0.717) is 6.54 Å². The van der Waals surface area contributed by atoms with Gasteiger partial charge in [0, 0.05) is 6.54 Å². The van der Waals surface area contributed by atoms with Crippen molar-refractivity contribution in [2.24, 2.45) is 0 Å². The van der Waals surface area contributed by atoms with Crippen LogP contribution in [0.15, 0.2) is 0 Å². The predicted molar refractivity (Wildman–Crippen MR) is 56.2 cm³/mol. The van der Waals surface area contributed by atoms with Crippen LogP contribution in [0.5, 0.6) is 0 Å². The molecular weight excluding hydrogens is 178 g/mol. The maximum Gasteiger partial charge on any atom is 0.146 e. The van der Waals surface area contributed by atoms with Crippen LogP contribution in [0.25, 0.3) is 0 Å². The number of hydrogen-bond acceptors (Lipinski definition) is 3. The monoisotopic (exact) mass is 199 g/mol. The number of rotatable bonds is 3. The van der Waals surface area contributed by atoms with Crippen molar-refractivity contribution >= 4 is 5.78 Å². The molecule has 1 fully saturated rings. The molecule has 0 bridgehead atoms. The Balaban J connectivity index is 2.59. The first-order valence-corrected chi connectivity index (χ1v) is 5.37. The van der Waals surface area contributed by atoms with Crippen LogP contribution in [0.2, 0.25) is 0 Å². The van der Waals surface area contributed by atoms with Crippen LogP contribution in [-0.4, -0.2) is 40.5 Å². The van der Waals surface area contributed by atoms with Crippen molar-refractivity contribution in [1.29, 1.82) is 0 Å². The van der Waals surface area contributed by atoms with Crippen molar-refractivity contribution in [3.05, 3.63) is 0 Å². The summed E-state index contributed by atoms with van der Waals surface area (Å²) in [6.07, 6.45) is 3.22. The molecule has 1 rings (SSSR count). The highest BCUT2D eigenvalue weighted by Crippen LogP contribution is 2.20. The number of aliphatic hydroxyl groups is 1. The van der Waals surface area contributed by atoms with Crippen molar-refractivity contribution in [3.63, 3.8) is 0 Å². The molecule has 0 saturated carbocycles. The van der Waals surface area contributed by atoms with Crippen molar-refractivity contribution in [2.45, 2.75) is 51.7 Å². The fourth-order valence-corrected chi connectivity index (χ4v) is 2.14. The highest BCUT2D eigenvalue weighted by atomic mass is 16.3. The molecule has 1 heterocycles. The molecule has 0 aliphatic carbocycles. The van der Waals surface area contributed by atoms with Gasteiger partial charge < -0.3 is 5.11 Å². The van der Waals surface area contributed by atoms with Gasteiger partial charge in [0.2, 0.25) is 0 Å². The van der Waals surface area contributed by atoms with Gasteiger partial charge in [0.15, 0.2) is 0 Å². The van der Waals surface area contributed by atoms with E-state index in [9.17, 15) is 9.90 Å². The Kier molecular flexibility index (Phi) is 3.67. The minimum absolute atomic E-state index is 0.0372. The number of hydrogen-bond donors (Lipinski definition) is 1. The van der Waals surface area contributed by atoms with E-state index in [0.717, 1.165) is 25.8 Å². The smallest absolute Gasteiger partial charge is 0.146 e. The summed E-state index contributed by atoms with van der Waals surface area (Å²) in [6.45, 7) is 6.76. The Bertz CT molecular complexity index is 208. The van der Waals surface area contributed by atoms with Crippen LogP contribution in [0.3, 0.4) is 0 Å². The standard InChI is InChI=1S/C11H21NO2/c1-9(13)10-6-4-5-7-12(10)8-11(2,3)14/h10,14H,4-8H2,1-3H3. The molecule has 1 aliphatic heterocycles. The molecule has 0 aromatic carbocycles. The topological polar surface area (TPSA) is 40.5 Å². The average molecular weight is 199 g/mol. The second-order valence-electron chi connectivity index (χ2n) is 4.91. The van der Waals surface area contributed by atoms with Gasteiger partial charge in [-0.25, -0.2) is 0 Å². The lowest BCUT2D eigenvalue weighted by Gasteiger charge is -2.37. The van der Waals surface area contributed by atoms with Crippen LogP contribution in [0.1, 0.15) is 40.0 Å². The summed E-state index contributed by atoms with van der Waals surface area (Å²) in [5.41, 5.74) is -0.703. The highest BCUT2D eigenvalue weighted by Gasteiger charge is 2.29. The zero-order valence-corrected chi connectivity index (χ0v) is 9.42. The largest absolute Gasteiger partial charge is 0.389 e. The van der Waals surface area contributed by atoms with Crippen molar-refractivity contribution in [2.75, 3.05) is 13.1 Å². The van der Waals surface area contributed by atoms with E-state index in [-0.39, 0.29) is 11.8 Å². The van der Waals surface area contributed by atoms with Crippen LogP contribution in [-0.2, 0) is 4.79 Å². The number of carbonyl (C=O) groups excluding carboxylic acids is 1. The summed E-state index contributed by atoms with van der Waals surface area (Å²) in [5.74, 6) is 0.231. The maximum atomic E-state index is 11.4. The summed E-state index contributed by atoms with van der Waals surface area (Å²) >= 11 is 0. The van der Waals surface area contributed by atoms with E-state index >= 15 is 0 Å². The Labute approximate surface area is 86.1 Å². The molecule has 0 radical (unpaired) electrons. The van der Waals surface area contributed by atoms with Crippen LogP contribution < -0.4 is 0 Å². The Morgan fingerprint density at radius 2 is 2.14 bits per heavy atom. The highest BCUT2D eigenvalue weighted by molar-refractivity contribution is 5.81. The number of piperidine rings is 1. The Morgan fingerprint density at radius 3 is 2.64 bits per heavy atom. The third-order valence-electron chi connectivity index (χ3n) is 2.67. The molecule has 1 atom stereocenters. The number of ketones is 1. The third-order valence-corrected chi connectivity index (χ3v) is 2.67. The number of β-amino-alcohol motifs (C(OH)–C–C–N with tert-alkyl or cyclic N) is 1. The summed E-state index contributed by atoms with van der Waals surface area (Å²) < 4.78 is 0. The molecule has 14 heavy (non-hydrogen) atoms. The van der Waals surface area contributed by atoms with Gasteiger partial charge in [-0.2, -0.15) is 0 Å². The lowest BCUT2D eigenvalue weighted by molar-refractivity contribution is -0.124. The van der Waals surface area contributed by atoms with E-state index in [1.807, 2.05) is 0 Å². The molecule has 3 nitrogen and oxygen atoms in total. The van der Waals surface area contributed by atoms with Gasteiger partial charge in [-0.05, 0) is 40.2 Å². The minimum Gasteiger partial charge on any atom is -0.389 e. The van der Waals surface area contributed by atoms with Gasteiger partial charge in [0.05, 0.1) is 11.6 Å². The molecule has 0 spiro atoms. The molecule has 0 aromatic rings. The van der Waals surface area contributed by atoms with E-state index in [1.165, 1.54) is 0 Å². The minimum atomic E-state index is -0.703. The maximum absolute atomic E-state index is 11.4. The van der Waals surface area contributed by atoms with Gasteiger partial charge in [0.1, 0.15) is 5.78 Å². The summed E-state index contributed by atoms with van der Waals surface area (Å²) in [7, 11) is 0. The SMILES string of the molecule is CC(=O)C1CCCCN1CC(C)(C)O. The predicted octanol–water partition coefficient (Wildman–Crippen LogP) is 1.20. The second-order valence-corrected chi connectivity index (χ2v) is 4.91. The zero-order chi connectivity index (χ0) is 10.8. The van der Waals surface area contributed by atoms with Gasteiger partial charge in [0.25, 0.3) is 0 Å². The summed E-state index contributed by atoms with van der Waals surface area (Å²) in [6, 6.07) is 0.0372. The molecular formula is C11H21NO2. The van der Waals surface area contributed by atoms with Crippen LogP contribution in [0.4, 0.5) is 0 Å². The van der Waals surface area contributed by atoms with Crippen LogP contribution in [0, 0.1) is 0 Å². The molecule has 1 saturated heterocycles. The molecule has 3 heteroatoms. The lowest BCUT2D eigenvalue weighted by Crippen LogP contribution is -2.49. The molecule has 0 aromatic heterocycles. The first-order chi connectivity index (χ1) is 6.40. The van der Waals surface area contributed by atoms with Gasteiger partial charge in [-0.3, -0.25) is 9.69 Å². The van der Waals surface area contributed by atoms with Gasteiger partial charge >= 0.3 is 0 Å². The Morgan fingerprint density at radius 1 is 1.50 bits per heavy atom. The van der Waals surface area contributed by atoms with E-state index in [1.54, 1.807) is 20.8 Å². The van der Waals surface area contributed by atoms with Crippen LogP contribution >= 0.6 is 0 Å². The zero-order valence-electron chi connectivity index (χ0n) is 9.42. The molecule has 1 N–H and O–H groups in total. The third kappa shape index (κ3) is 3.39. The van der Waals surface area contributed by atoms with E-state index in [4.69, 9.17) is 0 Å². The molecule has 1 aliphatic rings. The molecule has 0 amide bonds. The van der Waals surface area contributed by atoms with Gasteiger partial charge in [-0.15, -0.1) is 0 Å². The fourth-order valence-electron chi connectivity index (χ4n) is 2.14. The first kappa shape index (κ1) is 11.7. The summed E-state index contributed by atoms with van der Waals surface area (Å²) in [5, 5.41) is 9.72. The van der Waals surface area contributed by atoms with Crippen molar-refractivity contribution in [1.82, 2.24) is 4.90 Å². The normalized spacial score (nSPS) is 25.0. The second kappa shape index (κ2) is 4.41. The number of carbonyl (C=O) groups is 1. The quantitative estimate of drug-likeness (QED) is 0.742. The van der Waals surface area contributed by atoms with E-state index in [2.05, 4.69) is 4.90 Å². The average Bonchev–Trinajstić information content (AvgIpc) is 2.01. The van der Waals surface area contributed by atoms with Crippen molar-refractivity contribution < 1.29 is 9.90 Å². The molecule has 82 valence electrons. The number of Topliss-reactive ketones (excluding diaryl/α,β-unsaturated/α-hetero) is 1.